The van der Waals surface area contributed by atoms with Crippen molar-refractivity contribution in [3.63, 3.8) is 0 Å². The Morgan fingerprint density at radius 3 is 1.72 bits per heavy atom. The summed E-state index contributed by atoms with van der Waals surface area (Å²) in [6.07, 6.45) is 0. The Labute approximate surface area is 161 Å². The van der Waals surface area contributed by atoms with Gasteiger partial charge in [-0.3, -0.25) is 0 Å². The van der Waals surface area contributed by atoms with Crippen LogP contribution in [0.2, 0.25) is 0 Å². The van der Waals surface area contributed by atoms with Gasteiger partial charge < -0.3 is 9.47 Å². The lowest BCUT2D eigenvalue weighted by atomic mass is 10.3. The summed E-state index contributed by atoms with van der Waals surface area (Å²) in [4.78, 5) is 9.33. The van der Waals surface area contributed by atoms with Crippen molar-refractivity contribution in [3.05, 3.63) is 36.4 Å². The van der Waals surface area contributed by atoms with E-state index in [0.29, 0.717) is 0 Å². The van der Waals surface area contributed by atoms with Crippen molar-refractivity contribution in [2.24, 2.45) is 0 Å². The highest BCUT2D eigenvalue weighted by Crippen LogP contribution is 2.37. The zero-order chi connectivity index (χ0) is 17.2. The third kappa shape index (κ3) is 3.72. The molecule has 0 atom stereocenters. The molecule has 0 amide bonds. The number of thioether (sulfide) groups is 2. The molecule has 2 heterocycles. The van der Waals surface area contributed by atoms with Gasteiger partial charge in [0.1, 0.15) is 11.5 Å². The Bertz CT molecular complexity index is 946. The average Bonchev–Trinajstić information content (AvgIpc) is 3.23. The van der Waals surface area contributed by atoms with Crippen LogP contribution >= 0.6 is 46.2 Å². The van der Waals surface area contributed by atoms with Crippen molar-refractivity contribution in [2.75, 3.05) is 19.3 Å². The van der Waals surface area contributed by atoms with Crippen molar-refractivity contribution < 1.29 is 9.47 Å². The van der Waals surface area contributed by atoms with Crippen LogP contribution in [0.15, 0.2) is 45.1 Å². The quantitative estimate of drug-likeness (QED) is 0.299. The maximum atomic E-state index is 5.27. The lowest BCUT2D eigenvalue weighted by molar-refractivity contribution is 0.415. The summed E-state index contributed by atoms with van der Waals surface area (Å²) in [6, 6.07) is 12.0. The Morgan fingerprint density at radius 2 is 1.28 bits per heavy atom. The predicted molar refractivity (Wildman–Crippen MR) is 109 cm³/mol. The van der Waals surface area contributed by atoms with E-state index in [-0.39, 0.29) is 0 Å². The first kappa shape index (κ1) is 17.0. The lowest BCUT2D eigenvalue weighted by Crippen LogP contribution is -1.80. The average molecular weight is 407 g/mol. The van der Waals surface area contributed by atoms with Gasteiger partial charge in [-0.2, -0.15) is 0 Å². The van der Waals surface area contributed by atoms with Crippen LogP contribution in [0.25, 0.3) is 20.4 Å². The molecular formula is C17H14N2O2S4. The minimum atomic E-state index is 0.868. The molecule has 0 radical (unpaired) electrons. The Kier molecular flexibility index (Phi) is 5.03. The molecule has 4 rings (SSSR count). The second-order valence-electron chi connectivity index (χ2n) is 5.03. The van der Waals surface area contributed by atoms with Gasteiger partial charge in [-0.15, -0.1) is 22.7 Å². The number of thiazole rings is 2. The maximum Gasteiger partial charge on any atom is 0.151 e. The fourth-order valence-electron chi connectivity index (χ4n) is 2.28. The highest BCUT2D eigenvalue weighted by atomic mass is 32.2. The molecule has 0 bridgehead atoms. The molecule has 0 saturated carbocycles. The third-order valence-corrected chi connectivity index (χ3v) is 7.97. The zero-order valence-electron chi connectivity index (χ0n) is 13.5. The standard InChI is InChI=1S/C17H14N2O2S4/c1-20-10-3-5-12-14(7-10)24-16(18-12)22-9-23-17-19-13-6-4-11(21-2)8-15(13)25-17/h3-8H,9H2,1-2H3. The summed E-state index contributed by atoms with van der Waals surface area (Å²) < 4.78 is 15.0. The van der Waals surface area contributed by atoms with Gasteiger partial charge in [-0.05, 0) is 36.4 Å². The number of rotatable bonds is 6. The summed E-state index contributed by atoms with van der Waals surface area (Å²) >= 11 is 6.88. The summed E-state index contributed by atoms with van der Waals surface area (Å²) in [5.41, 5.74) is 2.04. The molecule has 0 unspecified atom stereocenters. The van der Waals surface area contributed by atoms with Crippen molar-refractivity contribution >= 4 is 66.6 Å². The Balaban J connectivity index is 1.43. The highest BCUT2D eigenvalue weighted by Gasteiger charge is 2.09. The van der Waals surface area contributed by atoms with E-state index in [4.69, 9.17) is 9.47 Å². The number of methoxy groups -OCH3 is 2. The zero-order valence-corrected chi connectivity index (χ0v) is 16.8. The Hall–Kier alpha value is -1.48. The molecule has 0 N–H and O–H groups in total. The smallest absolute Gasteiger partial charge is 0.151 e. The number of ether oxygens (including phenoxy) is 2. The van der Waals surface area contributed by atoms with E-state index in [1.165, 1.54) is 0 Å². The first-order valence-corrected chi connectivity index (χ1v) is 11.0. The van der Waals surface area contributed by atoms with Gasteiger partial charge in [0.15, 0.2) is 8.68 Å². The summed E-state index contributed by atoms with van der Waals surface area (Å²) in [5.74, 6) is 1.74. The molecule has 8 heteroatoms. The molecule has 128 valence electrons. The van der Waals surface area contributed by atoms with Crippen molar-refractivity contribution in [2.45, 2.75) is 8.68 Å². The molecule has 2 aromatic carbocycles. The van der Waals surface area contributed by atoms with E-state index in [9.17, 15) is 0 Å². The van der Waals surface area contributed by atoms with Crippen LogP contribution in [0, 0.1) is 0 Å². The SMILES string of the molecule is COc1ccc2nc(SCSc3nc4ccc(OC)cc4s3)sc2c1. The van der Waals surface area contributed by atoms with Crippen molar-refractivity contribution in [1.82, 2.24) is 9.97 Å². The van der Waals surface area contributed by atoms with Crippen LogP contribution in [0.1, 0.15) is 0 Å². The van der Waals surface area contributed by atoms with Crippen LogP contribution in [-0.2, 0) is 0 Å². The van der Waals surface area contributed by atoms with Crippen LogP contribution in [0.3, 0.4) is 0 Å². The number of hydrogen-bond donors (Lipinski definition) is 0. The summed E-state index contributed by atoms with van der Waals surface area (Å²) in [5, 5.41) is 0.883. The molecule has 0 spiro atoms. The fraction of sp³-hybridized carbons (Fsp3) is 0.176. The van der Waals surface area contributed by atoms with Gasteiger partial charge in [0.2, 0.25) is 0 Å². The van der Waals surface area contributed by atoms with Gasteiger partial charge >= 0.3 is 0 Å². The monoisotopic (exact) mass is 406 g/mol. The molecule has 0 aliphatic heterocycles. The molecule has 4 aromatic rings. The van der Waals surface area contributed by atoms with E-state index >= 15 is 0 Å². The van der Waals surface area contributed by atoms with Crippen LogP contribution in [-0.4, -0.2) is 29.3 Å². The van der Waals surface area contributed by atoms with Gasteiger partial charge in [0, 0.05) is 0 Å². The van der Waals surface area contributed by atoms with Crippen molar-refractivity contribution in [1.29, 1.82) is 0 Å². The molecule has 0 fully saturated rings. The number of nitrogens with zero attached hydrogens (tertiary/aromatic N) is 2. The topological polar surface area (TPSA) is 44.2 Å². The molecule has 0 aliphatic rings. The lowest BCUT2D eigenvalue weighted by Gasteiger charge is -1.96. The van der Waals surface area contributed by atoms with Gasteiger partial charge in [-0.25, -0.2) is 9.97 Å². The molecule has 0 saturated heterocycles. The maximum absolute atomic E-state index is 5.27. The predicted octanol–water partition coefficient (Wildman–Crippen LogP) is 5.77. The second-order valence-corrected chi connectivity index (χ2v) is 9.91. The summed E-state index contributed by atoms with van der Waals surface area (Å²) in [7, 11) is 3.37. The fourth-order valence-corrected chi connectivity index (χ4v) is 6.97. The van der Waals surface area contributed by atoms with E-state index in [0.717, 1.165) is 45.7 Å². The minimum absolute atomic E-state index is 0.868. The van der Waals surface area contributed by atoms with Gasteiger partial charge in [0.25, 0.3) is 0 Å². The van der Waals surface area contributed by atoms with Gasteiger partial charge in [-0.1, -0.05) is 23.5 Å². The van der Waals surface area contributed by atoms with E-state index < -0.39 is 0 Å². The van der Waals surface area contributed by atoms with Crippen molar-refractivity contribution in [3.8, 4) is 11.5 Å². The van der Waals surface area contributed by atoms with Crippen LogP contribution < -0.4 is 9.47 Å². The van der Waals surface area contributed by atoms with E-state index in [2.05, 4.69) is 9.97 Å². The Morgan fingerprint density at radius 1 is 0.800 bits per heavy atom. The van der Waals surface area contributed by atoms with Gasteiger partial charge in [0.05, 0.1) is 39.7 Å². The molecule has 25 heavy (non-hydrogen) atoms. The first-order chi connectivity index (χ1) is 12.2. The minimum Gasteiger partial charge on any atom is -0.497 e. The molecule has 4 nitrogen and oxygen atoms in total. The molecule has 0 aliphatic carbocycles. The van der Waals surface area contributed by atoms with Crippen LogP contribution in [0.5, 0.6) is 11.5 Å². The van der Waals surface area contributed by atoms with E-state index in [1.54, 1.807) is 60.4 Å². The van der Waals surface area contributed by atoms with Crippen LogP contribution in [0.4, 0.5) is 0 Å². The normalized spacial score (nSPS) is 11.3. The molecule has 2 aromatic heterocycles. The number of aromatic nitrogens is 2. The third-order valence-electron chi connectivity index (χ3n) is 3.52. The molecular weight excluding hydrogens is 392 g/mol. The number of fused-ring (bicyclic) bond motifs is 2. The second kappa shape index (κ2) is 7.41. The number of hydrogen-bond acceptors (Lipinski definition) is 8. The largest absolute Gasteiger partial charge is 0.497 e. The van der Waals surface area contributed by atoms with E-state index in [1.807, 2.05) is 36.4 Å². The first-order valence-electron chi connectivity index (χ1n) is 7.40. The highest BCUT2D eigenvalue weighted by molar-refractivity contribution is 8.17. The summed E-state index contributed by atoms with van der Waals surface area (Å²) in [6.45, 7) is 0. The number of benzene rings is 2.